The molecule has 7 heteroatoms. The van der Waals surface area contributed by atoms with Crippen LogP contribution in [0.5, 0.6) is 0 Å². The van der Waals surface area contributed by atoms with Gasteiger partial charge in [-0.1, -0.05) is 0 Å². The molecular weight excluding hydrogens is 320 g/mol. The Balaban J connectivity index is 1.72. The first-order valence-electron chi connectivity index (χ1n) is 8.68. The molecule has 0 spiro atoms. The molecule has 1 atom stereocenters. The molecule has 0 amide bonds. The molecule has 3 rings (SSSR count). The largest absolute Gasteiger partial charge is 0.372 e. The fourth-order valence-electron chi connectivity index (χ4n) is 3.22. The fourth-order valence-corrected chi connectivity index (χ4v) is 4.29. The van der Waals surface area contributed by atoms with Crippen molar-refractivity contribution in [1.29, 1.82) is 0 Å². The summed E-state index contributed by atoms with van der Waals surface area (Å²) >= 11 is 1.81. The van der Waals surface area contributed by atoms with Crippen LogP contribution in [0, 0.1) is 0 Å². The van der Waals surface area contributed by atoms with Crippen LogP contribution in [0.15, 0.2) is 18.6 Å². The van der Waals surface area contributed by atoms with Crippen molar-refractivity contribution in [3.63, 3.8) is 0 Å². The minimum Gasteiger partial charge on any atom is -0.372 e. The summed E-state index contributed by atoms with van der Waals surface area (Å²) < 4.78 is 0. The average Bonchev–Trinajstić information content (AvgIpc) is 3.26. The van der Waals surface area contributed by atoms with E-state index in [1.54, 1.807) is 17.5 Å². The molecule has 1 aliphatic rings. The SMILES string of the molecule is CCN(CC)c1ncc(CN2CCC[C@H]2c2cncc(NC)n2)s1. The third-order valence-electron chi connectivity index (χ3n) is 4.55. The maximum absolute atomic E-state index is 4.69. The molecule has 0 aromatic carbocycles. The lowest BCUT2D eigenvalue weighted by atomic mass is 10.1. The van der Waals surface area contributed by atoms with Crippen molar-refractivity contribution in [2.45, 2.75) is 39.3 Å². The highest BCUT2D eigenvalue weighted by Gasteiger charge is 2.28. The van der Waals surface area contributed by atoms with Crippen molar-refractivity contribution >= 4 is 22.3 Å². The number of hydrogen-bond acceptors (Lipinski definition) is 7. The number of likely N-dealkylation sites (tertiary alicyclic amines) is 1. The second-order valence-corrected chi connectivity index (χ2v) is 7.08. The van der Waals surface area contributed by atoms with Gasteiger partial charge in [0.2, 0.25) is 0 Å². The molecule has 1 N–H and O–H groups in total. The van der Waals surface area contributed by atoms with Crippen molar-refractivity contribution in [1.82, 2.24) is 19.9 Å². The number of hydrogen-bond donors (Lipinski definition) is 1. The summed E-state index contributed by atoms with van der Waals surface area (Å²) in [5, 5.41) is 4.21. The molecule has 0 unspecified atom stereocenters. The van der Waals surface area contributed by atoms with Gasteiger partial charge in [-0.25, -0.2) is 9.97 Å². The van der Waals surface area contributed by atoms with Gasteiger partial charge in [0.15, 0.2) is 5.13 Å². The molecule has 3 heterocycles. The number of nitrogens with zero attached hydrogens (tertiary/aromatic N) is 5. The van der Waals surface area contributed by atoms with Crippen molar-refractivity contribution in [3.05, 3.63) is 29.2 Å². The zero-order valence-corrected chi connectivity index (χ0v) is 15.5. The maximum atomic E-state index is 4.69. The highest BCUT2D eigenvalue weighted by molar-refractivity contribution is 7.15. The lowest BCUT2D eigenvalue weighted by molar-refractivity contribution is 0.246. The van der Waals surface area contributed by atoms with Gasteiger partial charge in [-0.2, -0.15) is 0 Å². The lowest BCUT2D eigenvalue weighted by Crippen LogP contribution is -2.23. The summed E-state index contributed by atoms with van der Waals surface area (Å²) in [6.45, 7) is 8.40. The molecule has 0 bridgehead atoms. The van der Waals surface area contributed by atoms with Crippen LogP contribution in [0.25, 0.3) is 0 Å². The normalized spacial score (nSPS) is 18.0. The average molecular weight is 347 g/mol. The van der Waals surface area contributed by atoms with Gasteiger partial charge in [0.1, 0.15) is 5.82 Å². The molecule has 1 aliphatic heterocycles. The number of aromatic nitrogens is 3. The first kappa shape index (κ1) is 17.1. The van der Waals surface area contributed by atoms with Gasteiger partial charge in [0.05, 0.1) is 24.1 Å². The zero-order valence-electron chi connectivity index (χ0n) is 14.7. The van der Waals surface area contributed by atoms with E-state index in [1.807, 2.05) is 19.4 Å². The van der Waals surface area contributed by atoms with Crippen molar-refractivity contribution in [2.24, 2.45) is 0 Å². The van der Waals surface area contributed by atoms with Crippen LogP contribution < -0.4 is 10.2 Å². The Morgan fingerprint density at radius 1 is 1.29 bits per heavy atom. The van der Waals surface area contributed by atoms with E-state index in [4.69, 9.17) is 0 Å². The summed E-state index contributed by atoms with van der Waals surface area (Å²) in [6.07, 6.45) is 8.05. The Morgan fingerprint density at radius 3 is 2.88 bits per heavy atom. The monoisotopic (exact) mass is 346 g/mol. The summed E-state index contributed by atoms with van der Waals surface area (Å²) in [6, 6.07) is 0.352. The van der Waals surface area contributed by atoms with E-state index in [9.17, 15) is 0 Å². The third kappa shape index (κ3) is 3.67. The Morgan fingerprint density at radius 2 is 2.12 bits per heavy atom. The minimum atomic E-state index is 0.352. The second kappa shape index (κ2) is 7.90. The molecule has 130 valence electrons. The van der Waals surface area contributed by atoms with Crippen LogP contribution in [0.2, 0.25) is 0 Å². The summed E-state index contributed by atoms with van der Waals surface area (Å²) in [4.78, 5) is 19.7. The molecule has 6 nitrogen and oxygen atoms in total. The molecule has 24 heavy (non-hydrogen) atoms. The molecule has 0 saturated carbocycles. The molecular formula is C17H26N6S. The number of rotatable bonds is 7. The van der Waals surface area contributed by atoms with Crippen LogP contribution in [-0.4, -0.2) is 46.5 Å². The van der Waals surface area contributed by atoms with E-state index in [1.165, 1.54) is 11.3 Å². The minimum absolute atomic E-state index is 0.352. The zero-order chi connectivity index (χ0) is 16.9. The van der Waals surface area contributed by atoms with E-state index in [0.29, 0.717) is 6.04 Å². The predicted molar refractivity (Wildman–Crippen MR) is 99.6 cm³/mol. The van der Waals surface area contributed by atoms with E-state index in [2.05, 4.69) is 43.9 Å². The fraction of sp³-hybridized carbons (Fsp3) is 0.588. The van der Waals surface area contributed by atoms with E-state index in [-0.39, 0.29) is 0 Å². The van der Waals surface area contributed by atoms with Gasteiger partial charge in [-0.05, 0) is 33.2 Å². The van der Waals surface area contributed by atoms with Crippen LogP contribution >= 0.6 is 11.3 Å². The summed E-state index contributed by atoms with van der Waals surface area (Å²) in [7, 11) is 1.88. The molecule has 1 fully saturated rings. The van der Waals surface area contributed by atoms with Crippen molar-refractivity contribution < 1.29 is 0 Å². The molecule has 2 aromatic rings. The van der Waals surface area contributed by atoms with Gasteiger partial charge in [0, 0.05) is 37.8 Å². The highest BCUT2D eigenvalue weighted by atomic mass is 32.1. The van der Waals surface area contributed by atoms with Gasteiger partial charge in [-0.3, -0.25) is 9.88 Å². The molecule has 0 radical (unpaired) electrons. The van der Waals surface area contributed by atoms with Gasteiger partial charge >= 0.3 is 0 Å². The van der Waals surface area contributed by atoms with E-state index < -0.39 is 0 Å². The number of anilines is 2. The Kier molecular flexibility index (Phi) is 5.63. The number of nitrogens with one attached hydrogen (secondary N) is 1. The van der Waals surface area contributed by atoms with Crippen molar-refractivity contribution in [2.75, 3.05) is 36.9 Å². The summed E-state index contributed by atoms with van der Waals surface area (Å²) in [5.74, 6) is 0.834. The Hall–Kier alpha value is -1.73. The quantitative estimate of drug-likeness (QED) is 0.831. The van der Waals surface area contributed by atoms with Crippen LogP contribution in [0.3, 0.4) is 0 Å². The maximum Gasteiger partial charge on any atom is 0.185 e. The lowest BCUT2D eigenvalue weighted by Gasteiger charge is -2.23. The molecule has 1 saturated heterocycles. The first-order chi connectivity index (χ1) is 11.7. The van der Waals surface area contributed by atoms with Gasteiger partial charge in [0.25, 0.3) is 0 Å². The van der Waals surface area contributed by atoms with Gasteiger partial charge < -0.3 is 10.2 Å². The van der Waals surface area contributed by atoms with Crippen LogP contribution in [0.1, 0.15) is 43.3 Å². The Labute approximate surface area is 148 Å². The standard InChI is InChI=1S/C17H26N6S/c1-4-22(5-2)17-20-9-13(24-17)12-23-8-6-7-15(23)14-10-19-11-16(18-3)21-14/h9-11,15H,4-8,12H2,1-3H3,(H,18,21)/t15-/m0/s1. The molecule has 2 aromatic heterocycles. The summed E-state index contributed by atoms with van der Waals surface area (Å²) in [5.41, 5.74) is 1.06. The third-order valence-corrected chi connectivity index (χ3v) is 5.59. The van der Waals surface area contributed by atoms with Crippen molar-refractivity contribution in [3.8, 4) is 0 Å². The number of thiazole rings is 1. The highest BCUT2D eigenvalue weighted by Crippen LogP contribution is 2.34. The van der Waals surface area contributed by atoms with E-state index in [0.717, 1.165) is 49.2 Å². The molecule has 0 aliphatic carbocycles. The smallest absolute Gasteiger partial charge is 0.185 e. The van der Waals surface area contributed by atoms with Gasteiger partial charge in [-0.15, -0.1) is 11.3 Å². The Bertz CT molecular complexity index is 654. The van der Waals surface area contributed by atoms with Crippen LogP contribution in [0.4, 0.5) is 10.9 Å². The topological polar surface area (TPSA) is 57.2 Å². The van der Waals surface area contributed by atoms with E-state index >= 15 is 0 Å². The second-order valence-electron chi connectivity index (χ2n) is 5.99. The first-order valence-corrected chi connectivity index (χ1v) is 9.50. The predicted octanol–water partition coefficient (Wildman–Crippen LogP) is 3.16. The van der Waals surface area contributed by atoms with Crippen LogP contribution in [-0.2, 0) is 6.54 Å².